The van der Waals surface area contributed by atoms with Crippen LogP contribution in [0.15, 0.2) is 100 Å². The molecule has 0 unspecified atom stereocenters. The van der Waals surface area contributed by atoms with Gasteiger partial charge in [0.05, 0.1) is 23.7 Å². The molecular weight excluding hydrogens is 438 g/mol. The second-order valence-corrected chi connectivity index (χ2v) is 8.63. The topological polar surface area (TPSA) is 68.3 Å². The van der Waals surface area contributed by atoms with Crippen molar-refractivity contribution < 1.29 is 9.21 Å². The minimum Gasteiger partial charge on any atom is -0.455 e. The van der Waals surface area contributed by atoms with Crippen LogP contribution >= 0.6 is 0 Å². The smallest absolute Gasteiger partial charge is 0.257 e. The van der Waals surface area contributed by atoms with Crippen molar-refractivity contribution in [3.05, 3.63) is 124 Å². The highest BCUT2D eigenvalue weighted by atomic mass is 16.3. The van der Waals surface area contributed by atoms with Crippen LogP contribution in [0.2, 0.25) is 0 Å². The maximum Gasteiger partial charge on any atom is 0.257 e. The number of carbonyl (C=O) groups excluding carboxylic acids is 1. The van der Waals surface area contributed by atoms with Gasteiger partial charge in [0.15, 0.2) is 11.0 Å². The average Bonchev–Trinajstić information content (AvgIpc) is 3.33. The standard InChI is InChI=1S/C29H25N3O3/c1-20-26(33)24-14-9-15-25(28(24)35-27(20)23-12-7-4-8-13-23)29(34)31(2)17-22-16-30-32(19-22)18-21-10-5-3-6-11-21/h3-16,19H,17-18H2,1-2H3. The van der Waals surface area contributed by atoms with E-state index in [2.05, 4.69) is 17.2 Å². The second kappa shape index (κ2) is 9.43. The molecule has 5 rings (SSSR count). The number of hydrogen-bond donors (Lipinski definition) is 0. The third kappa shape index (κ3) is 4.51. The summed E-state index contributed by atoms with van der Waals surface area (Å²) in [5.74, 6) is 0.255. The molecule has 0 bridgehead atoms. The number of nitrogens with zero attached hydrogens (tertiary/aromatic N) is 3. The largest absolute Gasteiger partial charge is 0.455 e. The van der Waals surface area contributed by atoms with Gasteiger partial charge >= 0.3 is 0 Å². The van der Waals surface area contributed by atoms with Crippen LogP contribution in [-0.4, -0.2) is 27.6 Å². The fraction of sp³-hybridized carbons (Fsp3) is 0.138. The predicted octanol–water partition coefficient (Wildman–Crippen LogP) is 5.29. The van der Waals surface area contributed by atoms with Crippen LogP contribution < -0.4 is 5.43 Å². The predicted molar refractivity (Wildman–Crippen MR) is 136 cm³/mol. The number of hydrogen-bond acceptors (Lipinski definition) is 4. The Bertz CT molecular complexity index is 1550. The molecule has 2 heterocycles. The van der Waals surface area contributed by atoms with Gasteiger partial charge in [0, 0.05) is 36.5 Å². The Kier molecular flexibility index (Phi) is 6.02. The first-order chi connectivity index (χ1) is 17.0. The van der Waals surface area contributed by atoms with E-state index < -0.39 is 0 Å². The molecule has 0 spiro atoms. The maximum atomic E-state index is 13.4. The lowest BCUT2D eigenvalue weighted by Gasteiger charge is -2.17. The lowest BCUT2D eigenvalue weighted by molar-refractivity contribution is 0.0786. The molecular formula is C29H25N3O3. The van der Waals surface area contributed by atoms with Gasteiger partial charge in [-0.3, -0.25) is 14.3 Å². The molecule has 2 aromatic heterocycles. The van der Waals surface area contributed by atoms with Crippen LogP contribution in [0, 0.1) is 6.92 Å². The SMILES string of the molecule is Cc1c(-c2ccccc2)oc2c(C(=O)N(C)Cc3cnn(Cc4ccccc4)c3)cccc2c1=O. The Morgan fingerprint density at radius 3 is 2.40 bits per heavy atom. The molecule has 0 atom stereocenters. The van der Waals surface area contributed by atoms with Crippen LogP contribution in [0.25, 0.3) is 22.3 Å². The summed E-state index contributed by atoms with van der Waals surface area (Å²) < 4.78 is 8.07. The van der Waals surface area contributed by atoms with E-state index in [0.717, 1.165) is 16.7 Å². The van der Waals surface area contributed by atoms with Gasteiger partial charge in [0.2, 0.25) is 0 Å². The fourth-order valence-electron chi connectivity index (χ4n) is 4.24. The number of para-hydroxylation sites is 1. The fourth-order valence-corrected chi connectivity index (χ4v) is 4.24. The minimum atomic E-state index is -0.225. The molecule has 0 N–H and O–H groups in total. The van der Waals surface area contributed by atoms with Crippen molar-refractivity contribution in [1.82, 2.24) is 14.7 Å². The molecule has 6 nitrogen and oxygen atoms in total. The van der Waals surface area contributed by atoms with E-state index in [0.29, 0.717) is 40.9 Å². The molecule has 0 fully saturated rings. The Hall–Kier alpha value is -4.45. The van der Waals surface area contributed by atoms with Crippen LogP contribution in [0.5, 0.6) is 0 Å². The van der Waals surface area contributed by atoms with Crippen molar-refractivity contribution in [3.8, 4) is 11.3 Å². The van der Waals surface area contributed by atoms with Gasteiger partial charge in [-0.1, -0.05) is 66.7 Å². The van der Waals surface area contributed by atoms with Gasteiger partial charge in [-0.05, 0) is 24.6 Å². The Morgan fingerprint density at radius 2 is 1.66 bits per heavy atom. The summed E-state index contributed by atoms with van der Waals surface area (Å²) in [6.45, 7) is 2.79. The van der Waals surface area contributed by atoms with E-state index in [1.54, 1.807) is 43.3 Å². The third-order valence-corrected chi connectivity index (χ3v) is 6.05. The third-order valence-electron chi connectivity index (χ3n) is 6.05. The molecule has 35 heavy (non-hydrogen) atoms. The zero-order valence-electron chi connectivity index (χ0n) is 19.6. The van der Waals surface area contributed by atoms with Crippen LogP contribution in [-0.2, 0) is 13.1 Å². The number of rotatable bonds is 6. The van der Waals surface area contributed by atoms with Crippen LogP contribution in [0.4, 0.5) is 0 Å². The highest BCUT2D eigenvalue weighted by Gasteiger charge is 2.21. The molecule has 1 amide bonds. The van der Waals surface area contributed by atoms with Gasteiger partial charge in [-0.25, -0.2) is 0 Å². The molecule has 0 saturated heterocycles. The molecule has 5 aromatic rings. The zero-order valence-corrected chi connectivity index (χ0v) is 19.6. The zero-order chi connectivity index (χ0) is 24.4. The van der Waals surface area contributed by atoms with Crippen molar-refractivity contribution in [1.29, 1.82) is 0 Å². The molecule has 0 aliphatic carbocycles. The second-order valence-electron chi connectivity index (χ2n) is 8.63. The molecule has 6 heteroatoms. The Balaban J connectivity index is 1.44. The summed E-state index contributed by atoms with van der Waals surface area (Å²) in [6, 6.07) is 24.7. The van der Waals surface area contributed by atoms with Crippen molar-refractivity contribution >= 4 is 16.9 Å². The van der Waals surface area contributed by atoms with E-state index in [-0.39, 0.29) is 11.3 Å². The molecule has 0 aliphatic rings. The first-order valence-electron chi connectivity index (χ1n) is 11.4. The minimum absolute atomic E-state index is 0.135. The van der Waals surface area contributed by atoms with Gasteiger partial charge in [0.25, 0.3) is 5.91 Å². The van der Waals surface area contributed by atoms with Gasteiger partial charge < -0.3 is 9.32 Å². The summed E-state index contributed by atoms with van der Waals surface area (Å²) >= 11 is 0. The van der Waals surface area contributed by atoms with Gasteiger partial charge in [-0.15, -0.1) is 0 Å². The Labute approximate surface area is 203 Å². The summed E-state index contributed by atoms with van der Waals surface area (Å²) in [4.78, 5) is 28.2. The number of carbonyl (C=O) groups is 1. The number of fused-ring (bicyclic) bond motifs is 1. The van der Waals surface area contributed by atoms with Crippen LogP contribution in [0.1, 0.15) is 27.0 Å². The summed E-state index contributed by atoms with van der Waals surface area (Å²) in [6.07, 6.45) is 3.71. The monoisotopic (exact) mass is 463 g/mol. The Morgan fingerprint density at radius 1 is 0.943 bits per heavy atom. The van der Waals surface area contributed by atoms with Crippen molar-refractivity contribution in [3.63, 3.8) is 0 Å². The van der Waals surface area contributed by atoms with Crippen LogP contribution in [0.3, 0.4) is 0 Å². The molecule has 0 saturated carbocycles. The average molecular weight is 464 g/mol. The lowest BCUT2D eigenvalue weighted by atomic mass is 10.0. The summed E-state index contributed by atoms with van der Waals surface area (Å²) in [5.41, 5.74) is 3.92. The van der Waals surface area contributed by atoms with Gasteiger partial charge in [-0.2, -0.15) is 5.10 Å². The maximum absolute atomic E-state index is 13.4. The first kappa shape index (κ1) is 22.3. The van der Waals surface area contributed by atoms with E-state index in [1.807, 2.05) is 59.4 Å². The normalized spacial score (nSPS) is 11.0. The number of amides is 1. The number of aromatic nitrogens is 2. The van der Waals surface area contributed by atoms with E-state index in [4.69, 9.17) is 4.42 Å². The van der Waals surface area contributed by atoms with Gasteiger partial charge in [0.1, 0.15) is 5.76 Å². The van der Waals surface area contributed by atoms with Crippen molar-refractivity contribution in [2.24, 2.45) is 0 Å². The van der Waals surface area contributed by atoms with Crippen molar-refractivity contribution in [2.45, 2.75) is 20.0 Å². The van der Waals surface area contributed by atoms with Crippen molar-refractivity contribution in [2.75, 3.05) is 7.05 Å². The lowest BCUT2D eigenvalue weighted by Crippen LogP contribution is -2.26. The quantitative estimate of drug-likeness (QED) is 0.343. The first-order valence-corrected chi connectivity index (χ1v) is 11.4. The molecule has 0 aliphatic heterocycles. The van der Waals surface area contributed by atoms with E-state index in [9.17, 15) is 9.59 Å². The van der Waals surface area contributed by atoms with E-state index in [1.165, 1.54) is 0 Å². The highest BCUT2D eigenvalue weighted by molar-refractivity contribution is 6.05. The molecule has 3 aromatic carbocycles. The highest BCUT2D eigenvalue weighted by Crippen LogP contribution is 2.28. The summed E-state index contributed by atoms with van der Waals surface area (Å²) in [5, 5.41) is 4.83. The molecule has 0 radical (unpaired) electrons. The molecule has 174 valence electrons. The van der Waals surface area contributed by atoms with E-state index >= 15 is 0 Å². The summed E-state index contributed by atoms with van der Waals surface area (Å²) in [7, 11) is 1.74. The number of benzene rings is 3.